The van der Waals surface area contributed by atoms with Gasteiger partial charge in [0.25, 0.3) is 11.6 Å². The Morgan fingerprint density at radius 3 is 2.33 bits per heavy atom. The van der Waals surface area contributed by atoms with Gasteiger partial charge >= 0.3 is 5.97 Å². The number of nitro benzene ring substituents is 1. The molecule has 0 aliphatic carbocycles. The molecule has 9 heteroatoms. The Kier molecular flexibility index (Phi) is 7.62. The zero-order valence-corrected chi connectivity index (χ0v) is 17.0. The number of nitro groups is 1. The first-order chi connectivity index (χ1) is 14.2. The van der Waals surface area contributed by atoms with Crippen LogP contribution in [0.1, 0.15) is 29.5 Å². The average molecular weight is 413 g/mol. The minimum absolute atomic E-state index is 0.0854. The largest absolute Gasteiger partial charge is 0.456 e. The van der Waals surface area contributed by atoms with Gasteiger partial charge in [0.15, 0.2) is 6.61 Å². The molecular formula is C21H23N3O6. The number of carbonyl (C=O) groups excluding carboxylic acids is 3. The predicted octanol–water partition coefficient (Wildman–Crippen LogP) is 3.42. The van der Waals surface area contributed by atoms with Gasteiger partial charge in [-0.1, -0.05) is 23.8 Å². The van der Waals surface area contributed by atoms with E-state index in [0.29, 0.717) is 11.3 Å². The summed E-state index contributed by atoms with van der Waals surface area (Å²) in [4.78, 5) is 46.1. The van der Waals surface area contributed by atoms with Gasteiger partial charge in [0, 0.05) is 29.4 Å². The van der Waals surface area contributed by atoms with Crippen molar-refractivity contribution >= 4 is 34.8 Å². The molecule has 2 amide bonds. The zero-order valence-electron chi connectivity index (χ0n) is 17.0. The highest BCUT2D eigenvalue weighted by molar-refractivity contribution is 5.95. The first kappa shape index (κ1) is 22.5. The number of carbonyl (C=O) groups is 3. The van der Waals surface area contributed by atoms with Gasteiger partial charge in [0.05, 0.1) is 11.3 Å². The van der Waals surface area contributed by atoms with Gasteiger partial charge in [-0.15, -0.1) is 0 Å². The van der Waals surface area contributed by atoms with Crippen LogP contribution >= 0.6 is 0 Å². The van der Waals surface area contributed by atoms with Crippen molar-refractivity contribution in [3.63, 3.8) is 0 Å². The summed E-state index contributed by atoms with van der Waals surface area (Å²) in [6.07, 6.45) is -0.266. The molecule has 0 aliphatic heterocycles. The number of hydrogen-bond acceptors (Lipinski definition) is 6. The van der Waals surface area contributed by atoms with Crippen molar-refractivity contribution in [2.75, 3.05) is 17.2 Å². The molecule has 0 saturated heterocycles. The summed E-state index contributed by atoms with van der Waals surface area (Å²) in [7, 11) is 0. The molecule has 0 heterocycles. The lowest BCUT2D eigenvalue weighted by molar-refractivity contribution is -0.385. The molecular weight excluding hydrogens is 390 g/mol. The SMILES string of the molecule is Cc1ccc(NC(=O)CCC(=O)OCC(=O)Nc2ccc(C)c([N+](=O)[O-])c2)c(C)c1. The van der Waals surface area contributed by atoms with Crippen LogP contribution in [-0.2, 0) is 19.1 Å². The lowest BCUT2D eigenvalue weighted by Crippen LogP contribution is -2.22. The van der Waals surface area contributed by atoms with Crippen LogP contribution in [0.3, 0.4) is 0 Å². The second-order valence-electron chi connectivity index (χ2n) is 6.83. The number of esters is 1. The Bertz CT molecular complexity index is 987. The number of anilines is 2. The Labute approximate surface area is 173 Å². The van der Waals surface area contributed by atoms with Crippen LogP contribution in [-0.4, -0.2) is 29.3 Å². The van der Waals surface area contributed by atoms with E-state index < -0.39 is 23.4 Å². The van der Waals surface area contributed by atoms with Gasteiger partial charge in [-0.2, -0.15) is 0 Å². The van der Waals surface area contributed by atoms with E-state index in [-0.39, 0.29) is 30.1 Å². The Hall–Kier alpha value is -3.75. The van der Waals surface area contributed by atoms with Gasteiger partial charge in [-0.3, -0.25) is 24.5 Å². The Morgan fingerprint density at radius 2 is 1.67 bits per heavy atom. The van der Waals surface area contributed by atoms with Crippen LogP contribution in [0.15, 0.2) is 36.4 Å². The molecule has 0 unspecified atom stereocenters. The molecule has 0 bridgehead atoms. The minimum Gasteiger partial charge on any atom is -0.456 e. The Morgan fingerprint density at radius 1 is 0.933 bits per heavy atom. The second kappa shape index (κ2) is 10.1. The van der Waals surface area contributed by atoms with Crippen LogP contribution in [0.4, 0.5) is 17.1 Å². The topological polar surface area (TPSA) is 128 Å². The van der Waals surface area contributed by atoms with E-state index >= 15 is 0 Å². The van der Waals surface area contributed by atoms with Crippen molar-refractivity contribution in [3.05, 3.63) is 63.2 Å². The van der Waals surface area contributed by atoms with Crippen LogP contribution in [0.25, 0.3) is 0 Å². The third-order valence-corrected chi connectivity index (χ3v) is 4.27. The maximum atomic E-state index is 12.0. The summed E-state index contributed by atoms with van der Waals surface area (Å²) in [5.41, 5.74) is 3.22. The number of nitrogens with one attached hydrogen (secondary N) is 2. The molecule has 0 aromatic heterocycles. The molecule has 0 fully saturated rings. The summed E-state index contributed by atoms with van der Waals surface area (Å²) in [5.74, 6) is -1.67. The number of benzene rings is 2. The normalized spacial score (nSPS) is 10.2. The van der Waals surface area contributed by atoms with E-state index in [1.54, 1.807) is 13.0 Å². The van der Waals surface area contributed by atoms with Crippen LogP contribution in [0, 0.1) is 30.9 Å². The lowest BCUT2D eigenvalue weighted by atomic mass is 10.1. The molecule has 9 nitrogen and oxygen atoms in total. The van der Waals surface area contributed by atoms with Gasteiger partial charge in [0.2, 0.25) is 5.91 Å². The number of aryl methyl sites for hydroxylation is 3. The number of ether oxygens (including phenoxy) is 1. The summed E-state index contributed by atoms with van der Waals surface area (Å²) in [6.45, 7) is 4.85. The monoisotopic (exact) mass is 413 g/mol. The highest BCUT2D eigenvalue weighted by Crippen LogP contribution is 2.22. The fraction of sp³-hybridized carbons (Fsp3) is 0.286. The number of nitrogens with zero attached hydrogens (tertiary/aromatic N) is 1. The maximum Gasteiger partial charge on any atom is 0.306 e. The van der Waals surface area contributed by atoms with E-state index in [4.69, 9.17) is 4.74 Å². The standard InChI is InChI=1S/C21H23N3O6/c1-13-4-7-17(15(3)10-13)23-19(25)8-9-21(27)30-12-20(26)22-16-6-5-14(2)18(11-16)24(28)29/h4-7,10-11H,8-9,12H2,1-3H3,(H,22,26)(H,23,25). The van der Waals surface area contributed by atoms with Crippen LogP contribution < -0.4 is 10.6 Å². The maximum absolute atomic E-state index is 12.0. The van der Waals surface area contributed by atoms with Gasteiger partial charge in [-0.25, -0.2) is 0 Å². The summed E-state index contributed by atoms with van der Waals surface area (Å²) in [5, 5.41) is 16.1. The van der Waals surface area contributed by atoms with Crippen molar-refractivity contribution in [2.45, 2.75) is 33.6 Å². The highest BCUT2D eigenvalue weighted by atomic mass is 16.6. The van der Waals surface area contributed by atoms with Gasteiger partial charge < -0.3 is 15.4 Å². The predicted molar refractivity (Wildman–Crippen MR) is 111 cm³/mol. The van der Waals surface area contributed by atoms with Gasteiger partial charge in [0.1, 0.15) is 0 Å². The molecule has 2 aromatic rings. The third-order valence-electron chi connectivity index (χ3n) is 4.27. The first-order valence-corrected chi connectivity index (χ1v) is 9.23. The number of hydrogen-bond donors (Lipinski definition) is 2. The lowest BCUT2D eigenvalue weighted by Gasteiger charge is -2.09. The summed E-state index contributed by atoms with van der Waals surface area (Å²) >= 11 is 0. The molecule has 2 rings (SSSR count). The zero-order chi connectivity index (χ0) is 22.3. The molecule has 0 spiro atoms. The quantitative estimate of drug-likeness (QED) is 0.388. The average Bonchev–Trinajstić information content (AvgIpc) is 2.68. The van der Waals surface area contributed by atoms with Crippen molar-refractivity contribution < 1.29 is 24.0 Å². The molecule has 2 aromatic carbocycles. The molecule has 0 atom stereocenters. The highest BCUT2D eigenvalue weighted by Gasteiger charge is 2.14. The van der Waals surface area contributed by atoms with Crippen LogP contribution in [0.2, 0.25) is 0 Å². The summed E-state index contributed by atoms with van der Waals surface area (Å²) < 4.78 is 4.85. The number of amides is 2. The van der Waals surface area contributed by atoms with Crippen LogP contribution in [0.5, 0.6) is 0 Å². The molecule has 0 radical (unpaired) electrons. The molecule has 0 saturated carbocycles. The number of rotatable bonds is 8. The molecule has 30 heavy (non-hydrogen) atoms. The minimum atomic E-state index is -0.698. The first-order valence-electron chi connectivity index (χ1n) is 9.23. The van der Waals surface area contributed by atoms with Gasteiger partial charge in [-0.05, 0) is 38.5 Å². The Balaban J connectivity index is 1.76. The molecule has 2 N–H and O–H groups in total. The van der Waals surface area contributed by atoms with Crippen molar-refractivity contribution in [1.82, 2.24) is 0 Å². The second-order valence-corrected chi connectivity index (χ2v) is 6.83. The smallest absolute Gasteiger partial charge is 0.306 e. The van der Waals surface area contributed by atoms with Crippen molar-refractivity contribution in [2.24, 2.45) is 0 Å². The van der Waals surface area contributed by atoms with Crippen molar-refractivity contribution in [1.29, 1.82) is 0 Å². The third kappa shape index (κ3) is 6.69. The van der Waals surface area contributed by atoms with E-state index in [1.807, 2.05) is 26.0 Å². The van der Waals surface area contributed by atoms with E-state index in [2.05, 4.69) is 10.6 Å². The fourth-order valence-electron chi connectivity index (χ4n) is 2.68. The van der Waals surface area contributed by atoms with Crippen molar-refractivity contribution in [3.8, 4) is 0 Å². The van der Waals surface area contributed by atoms with E-state index in [0.717, 1.165) is 11.1 Å². The molecule has 158 valence electrons. The summed E-state index contributed by atoms with van der Waals surface area (Å²) in [6, 6.07) is 9.85. The fourth-order valence-corrected chi connectivity index (χ4v) is 2.68. The van der Waals surface area contributed by atoms with E-state index in [9.17, 15) is 24.5 Å². The molecule has 0 aliphatic rings. The van der Waals surface area contributed by atoms with E-state index in [1.165, 1.54) is 18.2 Å².